The molecule has 1 atom stereocenters. The van der Waals surface area contributed by atoms with Gasteiger partial charge in [-0.1, -0.05) is 6.42 Å². The van der Waals surface area contributed by atoms with Crippen LogP contribution in [0.4, 0.5) is 0 Å². The molecule has 0 radical (unpaired) electrons. The molecule has 1 aliphatic heterocycles. The average molecular weight is 356 g/mol. The molecule has 0 spiro atoms. The first-order chi connectivity index (χ1) is 12.3. The van der Waals surface area contributed by atoms with Gasteiger partial charge >= 0.3 is 0 Å². The van der Waals surface area contributed by atoms with Gasteiger partial charge < -0.3 is 4.42 Å². The van der Waals surface area contributed by atoms with E-state index in [9.17, 15) is 0 Å². The largest absolute Gasteiger partial charge is 0.441 e. The van der Waals surface area contributed by atoms with Crippen molar-refractivity contribution in [3.8, 4) is 11.5 Å². The monoisotopic (exact) mass is 356 g/mol. The van der Waals surface area contributed by atoms with E-state index in [4.69, 9.17) is 9.40 Å². The number of oxazole rings is 1. The number of rotatable bonds is 6. The third-order valence-electron chi connectivity index (χ3n) is 5.01. The molecule has 0 N–H and O–H groups in total. The molecule has 3 aromatic heterocycles. The molecule has 4 heterocycles. The standard InChI is InChI=1S/C19H24N4OS/c1-15-18(21-19(24-15)16-7-12-25-14-16)13-22-9-3-2-5-17(22)6-11-23-10-4-8-20-23/h4,7-8,10,12,14,17H,2-3,5-6,9,11,13H2,1H3/t17-/m0/s1. The third-order valence-corrected chi connectivity index (χ3v) is 5.70. The summed E-state index contributed by atoms with van der Waals surface area (Å²) >= 11 is 1.67. The number of aryl methyl sites for hydroxylation is 2. The Morgan fingerprint density at radius 2 is 2.32 bits per heavy atom. The summed E-state index contributed by atoms with van der Waals surface area (Å²) in [7, 11) is 0. The molecule has 1 aliphatic rings. The second-order valence-corrected chi connectivity index (χ2v) is 7.49. The minimum Gasteiger partial charge on any atom is -0.441 e. The van der Waals surface area contributed by atoms with Crippen LogP contribution < -0.4 is 0 Å². The zero-order valence-electron chi connectivity index (χ0n) is 14.6. The van der Waals surface area contributed by atoms with E-state index < -0.39 is 0 Å². The number of nitrogens with zero attached hydrogens (tertiary/aromatic N) is 4. The Morgan fingerprint density at radius 1 is 1.36 bits per heavy atom. The lowest BCUT2D eigenvalue weighted by molar-refractivity contribution is 0.125. The zero-order chi connectivity index (χ0) is 17.1. The highest BCUT2D eigenvalue weighted by Crippen LogP contribution is 2.27. The lowest BCUT2D eigenvalue weighted by Gasteiger charge is -2.35. The summed E-state index contributed by atoms with van der Waals surface area (Å²) in [5.74, 6) is 1.69. The van der Waals surface area contributed by atoms with E-state index in [2.05, 4.69) is 26.8 Å². The Hall–Kier alpha value is -1.92. The maximum Gasteiger partial charge on any atom is 0.227 e. The fourth-order valence-electron chi connectivity index (χ4n) is 3.59. The topological polar surface area (TPSA) is 47.1 Å². The summed E-state index contributed by atoms with van der Waals surface area (Å²) in [6.45, 7) is 5.03. The van der Waals surface area contributed by atoms with E-state index in [1.807, 2.05) is 30.1 Å². The van der Waals surface area contributed by atoms with Crippen molar-refractivity contribution in [1.29, 1.82) is 0 Å². The quantitative estimate of drug-likeness (QED) is 0.659. The molecule has 0 aliphatic carbocycles. The second kappa shape index (κ2) is 7.54. The average Bonchev–Trinajstić information content (AvgIpc) is 3.37. The van der Waals surface area contributed by atoms with Gasteiger partial charge in [-0.25, -0.2) is 4.98 Å². The summed E-state index contributed by atoms with van der Waals surface area (Å²) < 4.78 is 7.94. The molecule has 6 heteroatoms. The summed E-state index contributed by atoms with van der Waals surface area (Å²) in [6.07, 6.45) is 8.88. The molecule has 25 heavy (non-hydrogen) atoms. The van der Waals surface area contributed by atoms with Crippen molar-refractivity contribution in [2.75, 3.05) is 6.54 Å². The van der Waals surface area contributed by atoms with Crippen LogP contribution in [0.5, 0.6) is 0 Å². The van der Waals surface area contributed by atoms with Crippen LogP contribution in [0.3, 0.4) is 0 Å². The minimum absolute atomic E-state index is 0.596. The highest BCUT2D eigenvalue weighted by atomic mass is 32.1. The number of piperidine rings is 1. The van der Waals surface area contributed by atoms with Crippen molar-refractivity contribution >= 4 is 11.3 Å². The van der Waals surface area contributed by atoms with Gasteiger partial charge in [0.1, 0.15) is 5.76 Å². The molecule has 1 fully saturated rings. The van der Waals surface area contributed by atoms with Crippen molar-refractivity contribution in [2.45, 2.75) is 51.7 Å². The van der Waals surface area contributed by atoms with Gasteiger partial charge in [0.25, 0.3) is 0 Å². The summed E-state index contributed by atoms with van der Waals surface area (Å²) in [5, 5.41) is 8.47. The molecule has 0 unspecified atom stereocenters. The number of thiophene rings is 1. The van der Waals surface area contributed by atoms with Gasteiger partial charge in [-0.2, -0.15) is 16.4 Å². The maximum absolute atomic E-state index is 5.91. The van der Waals surface area contributed by atoms with E-state index in [0.717, 1.165) is 49.0 Å². The van der Waals surface area contributed by atoms with Crippen molar-refractivity contribution < 1.29 is 4.42 Å². The van der Waals surface area contributed by atoms with Crippen LogP contribution in [-0.4, -0.2) is 32.3 Å². The highest BCUT2D eigenvalue weighted by Gasteiger charge is 2.24. The SMILES string of the molecule is Cc1oc(-c2ccsc2)nc1CN1CCCC[C@H]1CCn1cccn1. The molecule has 5 nitrogen and oxygen atoms in total. The lowest BCUT2D eigenvalue weighted by Crippen LogP contribution is -2.39. The summed E-state index contributed by atoms with van der Waals surface area (Å²) in [4.78, 5) is 7.35. The van der Waals surface area contributed by atoms with Gasteiger partial charge in [0.05, 0.1) is 5.69 Å². The number of aromatic nitrogens is 3. The minimum atomic E-state index is 0.596. The van der Waals surface area contributed by atoms with Gasteiger partial charge in [-0.15, -0.1) is 0 Å². The van der Waals surface area contributed by atoms with Crippen molar-refractivity contribution in [2.24, 2.45) is 0 Å². The lowest BCUT2D eigenvalue weighted by atomic mass is 9.99. The van der Waals surface area contributed by atoms with E-state index in [0.29, 0.717) is 6.04 Å². The molecular weight excluding hydrogens is 332 g/mol. The molecule has 3 aromatic rings. The predicted molar refractivity (Wildman–Crippen MR) is 99.4 cm³/mol. The molecule has 0 amide bonds. The molecule has 0 aromatic carbocycles. The van der Waals surface area contributed by atoms with Crippen LogP contribution in [0.2, 0.25) is 0 Å². The molecule has 0 saturated carbocycles. The number of likely N-dealkylation sites (tertiary alicyclic amines) is 1. The molecule has 1 saturated heterocycles. The van der Waals surface area contributed by atoms with E-state index in [1.54, 1.807) is 11.3 Å². The normalized spacial score (nSPS) is 18.7. The van der Waals surface area contributed by atoms with E-state index in [1.165, 1.54) is 19.3 Å². The first-order valence-electron chi connectivity index (χ1n) is 9.00. The Morgan fingerprint density at radius 3 is 3.12 bits per heavy atom. The number of hydrogen-bond acceptors (Lipinski definition) is 5. The maximum atomic E-state index is 5.91. The van der Waals surface area contributed by atoms with Crippen LogP contribution in [0.1, 0.15) is 37.1 Å². The van der Waals surface area contributed by atoms with Crippen molar-refractivity contribution in [3.05, 3.63) is 46.7 Å². The van der Waals surface area contributed by atoms with Gasteiger partial charge in [-0.3, -0.25) is 9.58 Å². The van der Waals surface area contributed by atoms with E-state index in [-0.39, 0.29) is 0 Å². The van der Waals surface area contributed by atoms with Crippen LogP contribution in [0, 0.1) is 6.92 Å². The molecule has 0 bridgehead atoms. The molecule has 132 valence electrons. The first kappa shape index (κ1) is 16.5. The van der Waals surface area contributed by atoms with E-state index >= 15 is 0 Å². The predicted octanol–water partition coefficient (Wildman–Crippen LogP) is 4.35. The fraction of sp³-hybridized carbons (Fsp3) is 0.474. The van der Waals surface area contributed by atoms with Crippen LogP contribution in [0.15, 0.2) is 39.7 Å². The van der Waals surface area contributed by atoms with Crippen LogP contribution in [0.25, 0.3) is 11.5 Å². The Bertz CT molecular complexity index is 779. The third kappa shape index (κ3) is 3.85. The Labute approximate surface area is 152 Å². The molecular formula is C19H24N4OS. The van der Waals surface area contributed by atoms with Crippen LogP contribution in [-0.2, 0) is 13.1 Å². The first-order valence-corrected chi connectivity index (χ1v) is 9.94. The Kier molecular flexibility index (Phi) is 4.99. The fourth-order valence-corrected chi connectivity index (χ4v) is 4.22. The van der Waals surface area contributed by atoms with Crippen molar-refractivity contribution in [3.63, 3.8) is 0 Å². The smallest absolute Gasteiger partial charge is 0.227 e. The van der Waals surface area contributed by atoms with Crippen LogP contribution >= 0.6 is 11.3 Å². The van der Waals surface area contributed by atoms with Crippen molar-refractivity contribution in [1.82, 2.24) is 19.7 Å². The zero-order valence-corrected chi connectivity index (χ0v) is 15.4. The molecule has 4 rings (SSSR count). The van der Waals surface area contributed by atoms with Gasteiger partial charge in [0.15, 0.2) is 0 Å². The van der Waals surface area contributed by atoms with Gasteiger partial charge in [0, 0.05) is 42.5 Å². The highest BCUT2D eigenvalue weighted by molar-refractivity contribution is 7.08. The summed E-state index contributed by atoms with van der Waals surface area (Å²) in [5.41, 5.74) is 2.15. The second-order valence-electron chi connectivity index (χ2n) is 6.71. The number of hydrogen-bond donors (Lipinski definition) is 0. The van der Waals surface area contributed by atoms with Gasteiger partial charge in [0.2, 0.25) is 5.89 Å². The van der Waals surface area contributed by atoms with Gasteiger partial charge in [-0.05, 0) is 50.2 Å². The summed E-state index contributed by atoms with van der Waals surface area (Å²) in [6, 6.07) is 4.65. The Balaban J connectivity index is 1.44.